The van der Waals surface area contributed by atoms with Crippen LogP contribution in [0.1, 0.15) is 43.0 Å². The van der Waals surface area contributed by atoms with E-state index in [0.717, 1.165) is 51.9 Å². The fourth-order valence-electron chi connectivity index (χ4n) is 4.12. The van der Waals surface area contributed by atoms with Gasteiger partial charge in [-0.05, 0) is 57.4 Å². The van der Waals surface area contributed by atoms with Crippen molar-refractivity contribution in [3.05, 3.63) is 29.8 Å². The highest BCUT2D eigenvalue weighted by Crippen LogP contribution is 2.22. The van der Waals surface area contributed by atoms with Crippen LogP contribution >= 0.6 is 0 Å². The first kappa shape index (κ1) is 20.5. The number of rotatable bonds is 5. The second kappa shape index (κ2) is 9.78. The van der Waals surface area contributed by atoms with Gasteiger partial charge in [0.15, 0.2) is 0 Å². The first-order valence-electron chi connectivity index (χ1n) is 10.2. The molecule has 1 aromatic rings. The molecule has 2 aliphatic rings. The number of hydrogen-bond donors (Lipinski definition) is 1. The molecule has 3 rings (SSSR count). The molecule has 2 aliphatic heterocycles. The number of ether oxygens (including phenoxy) is 2. The predicted octanol–water partition coefficient (Wildman–Crippen LogP) is 2.51. The lowest BCUT2D eigenvalue weighted by Crippen LogP contribution is -2.54. The third-order valence-corrected chi connectivity index (χ3v) is 5.63. The molecule has 0 aromatic heterocycles. The molecule has 154 valence electrons. The van der Waals surface area contributed by atoms with Crippen LogP contribution in [-0.2, 0) is 4.74 Å². The van der Waals surface area contributed by atoms with Crippen molar-refractivity contribution in [1.29, 1.82) is 0 Å². The van der Waals surface area contributed by atoms with Crippen LogP contribution in [0.2, 0.25) is 0 Å². The van der Waals surface area contributed by atoms with Gasteiger partial charge in [0.1, 0.15) is 5.75 Å². The first-order chi connectivity index (χ1) is 13.6. The highest BCUT2D eigenvalue weighted by molar-refractivity contribution is 5.94. The van der Waals surface area contributed by atoms with Crippen molar-refractivity contribution in [3.63, 3.8) is 0 Å². The zero-order chi connectivity index (χ0) is 19.9. The molecular formula is C21H31N3O4. The summed E-state index contributed by atoms with van der Waals surface area (Å²) in [4.78, 5) is 28.7. The van der Waals surface area contributed by atoms with Gasteiger partial charge >= 0.3 is 6.09 Å². The van der Waals surface area contributed by atoms with Gasteiger partial charge in [0.05, 0.1) is 13.7 Å². The molecule has 1 atom stereocenters. The third-order valence-electron chi connectivity index (χ3n) is 5.63. The molecule has 0 bridgehead atoms. The second-order valence-electron chi connectivity index (χ2n) is 7.46. The third kappa shape index (κ3) is 5.16. The number of carbonyl (C=O) groups is 2. The van der Waals surface area contributed by atoms with Crippen molar-refractivity contribution in [1.82, 2.24) is 15.1 Å². The monoisotopic (exact) mass is 389 g/mol. The Balaban J connectivity index is 1.50. The average Bonchev–Trinajstić information content (AvgIpc) is 2.74. The van der Waals surface area contributed by atoms with E-state index in [0.29, 0.717) is 24.0 Å². The quantitative estimate of drug-likeness (QED) is 0.838. The normalized spacial score (nSPS) is 21.2. The van der Waals surface area contributed by atoms with Gasteiger partial charge in [0.25, 0.3) is 5.91 Å². The molecule has 2 amide bonds. The van der Waals surface area contributed by atoms with Gasteiger partial charge < -0.3 is 19.7 Å². The molecule has 7 nitrogen and oxygen atoms in total. The van der Waals surface area contributed by atoms with Crippen molar-refractivity contribution in [2.75, 3.05) is 39.9 Å². The zero-order valence-electron chi connectivity index (χ0n) is 16.9. The summed E-state index contributed by atoms with van der Waals surface area (Å²) in [5.41, 5.74) is 0.624. The van der Waals surface area contributed by atoms with Gasteiger partial charge in [-0.1, -0.05) is 6.07 Å². The minimum Gasteiger partial charge on any atom is -0.497 e. The summed E-state index contributed by atoms with van der Waals surface area (Å²) in [6, 6.07) is 7.85. The first-order valence-corrected chi connectivity index (χ1v) is 10.2. The molecule has 0 aliphatic carbocycles. The molecule has 28 heavy (non-hydrogen) atoms. The van der Waals surface area contributed by atoms with E-state index in [1.165, 1.54) is 0 Å². The van der Waals surface area contributed by atoms with Gasteiger partial charge in [-0.2, -0.15) is 0 Å². The summed E-state index contributed by atoms with van der Waals surface area (Å²) < 4.78 is 10.3. The molecule has 2 fully saturated rings. The van der Waals surface area contributed by atoms with Crippen LogP contribution in [0, 0.1) is 0 Å². The Morgan fingerprint density at radius 2 is 1.96 bits per heavy atom. The predicted molar refractivity (Wildman–Crippen MR) is 107 cm³/mol. The highest BCUT2D eigenvalue weighted by atomic mass is 16.6. The summed E-state index contributed by atoms with van der Waals surface area (Å²) in [5.74, 6) is 0.633. The molecule has 2 saturated heterocycles. The molecule has 0 saturated carbocycles. The number of benzene rings is 1. The molecule has 1 N–H and O–H groups in total. The minimum atomic E-state index is -0.206. The summed E-state index contributed by atoms with van der Waals surface area (Å²) >= 11 is 0. The second-order valence-corrected chi connectivity index (χ2v) is 7.46. The molecule has 2 heterocycles. The minimum absolute atomic E-state index is 0.0529. The number of carbonyl (C=O) groups excluding carboxylic acids is 2. The number of hydrogen-bond acceptors (Lipinski definition) is 5. The largest absolute Gasteiger partial charge is 0.497 e. The molecule has 0 spiro atoms. The van der Waals surface area contributed by atoms with E-state index in [-0.39, 0.29) is 18.0 Å². The maximum atomic E-state index is 12.6. The summed E-state index contributed by atoms with van der Waals surface area (Å²) in [5, 5.41) is 3.18. The Morgan fingerprint density at radius 1 is 1.18 bits per heavy atom. The molecule has 1 unspecified atom stereocenters. The van der Waals surface area contributed by atoms with Crippen molar-refractivity contribution >= 4 is 12.0 Å². The maximum Gasteiger partial charge on any atom is 0.409 e. The SMILES string of the molecule is CCOC(=O)N1CCC(N2CCCC(NC(=O)c3cccc(OC)c3)C2)CC1. The van der Waals surface area contributed by atoms with E-state index in [9.17, 15) is 9.59 Å². The number of nitrogens with zero attached hydrogens (tertiary/aromatic N) is 2. The van der Waals surface area contributed by atoms with E-state index >= 15 is 0 Å². The van der Waals surface area contributed by atoms with Gasteiger partial charge in [-0.15, -0.1) is 0 Å². The van der Waals surface area contributed by atoms with Gasteiger partial charge in [-0.25, -0.2) is 4.79 Å². The number of methoxy groups -OCH3 is 1. The maximum absolute atomic E-state index is 12.6. The van der Waals surface area contributed by atoms with Crippen molar-refractivity contribution < 1.29 is 19.1 Å². The van der Waals surface area contributed by atoms with Crippen LogP contribution in [0.5, 0.6) is 5.75 Å². The van der Waals surface area contributed by atoms with E-state index < -0.39 is 0 Å². The molecular weight excluding hydrogens is 358 g/mol. The Kier molecular flexibility index (Phi) is 7.14. The van der Waals surface area contributed by atoms with Crippen molar-refractivity contribution in [2.24, 2.45) is 0 Å². The van der Waals surface area contributed by atoms with Gasteiger partial charge in [0.2, 0.25) is 0 Å². The van der Waals surface area contributed by atoms with E-state index in [1.54, 1.807) is 18.1 Å². The Labute approximate surface area is 167 Å². The number of amides is 2. The van der Waals surface area contributed by atoms with Crippen LogP contribution in [0.3, 0.4) is 0 Å². The Bertz CT molecular complexity index is 673. The number of nitrogens with one attached hydrogen (secondary N) is 1. The summed E-state index contributed by atoms with van der Waals surface area (Å²) in [7, 11) is 1.60. The zero-order valence-corrected chi connectivity index (χ0v) is 16.9. The van der Waals surface area contributed by atoms with Crippen LogP contribution in [0.25, 0.3) is 0 Å². The fraction of sp³-hybridized carbons (Fsp3) is 0.619. The molecule has 1 aromatic carbocycles. The topological polar surface area (TPSA) is 71.1 Å². The highest BCUT2D eigenvalue weighted by Gasteiger charge is 2.31. The molecule has 0 radical (unpaired) electrons. The Morgan fingerprint density at radius 3 is 2.68 bits per heavy atom. The smallest absolute Gasteiger partial charge is 0.409 e. The standard InChI is InChI=1S/C21H31N3O4/c1-3-28-21(26)23-12-9-18(10-13-23)24-11-5-7-17(15-24)22-20(25)16-6-4-8-19(14-16)27-2/h4,6,8,14,17-18H,3,5,7,9-13,15H2,1-2H3,(H,22,25). The molecule has 7 heteroatoms. The van der Waals surface area contributed by atoms with E-state index in [2.05, 4.69) is 10.2 Å². The van der Waals surface area contributed by atoms with Gasteiger partial charge in [-0.3, -0.25) is 9.69 Å². The van der Waals surface area contributed by atoms with Crippen molar-refractivity contribution in [3.8, 4) is 5.75 Å². The van der Waals surface area contributed by atoms with Crippen LogP contribution in [0.4, 0.5) is 4.79 Å². The van der Waals surface area contributed by atoms with E-state index in [4.69, 9.17) is 9.47 Å². The van der Waals surface area contributed by atoms with E-state index in [1.807, 2.05) is 25.1 Å². The average molecular weight is 389 g/mol. The van der Waals surface area contributed by atoms with Crippen molar-refractivity contribution in [2.45, 2.75) is 44.7 Å². The van der Waals surface area contributed by atoms with Gasteiger partial charge in [0, 0.05) is 37.3 Å². The Hall–Kier alpha value is -2.28. The summed E-state index contributed by atoms with van der Waals surface area (Å²) in [6.07, 6.45) is 3.77. The summed E-state index contributed by atoms with van der Waals surface area (Å²) in [6.45, 7) is 5.63. The van der Waals surface area contributed by atoms with Crippen LogP contribution in [0.15, 0.2) is 24.3 Å². The van der Waals surface area contributed by atoms with Crippen LogP contribution < -0.4 is 10.1 Å². The lowest BCUT2D eigenvalue weighted by Gasteiger charge is -2.42. The number of likely N-dealkylation sites (tertiary alicyclic amines) is 2. The lowest BCUT2D eigenvalue weighted by molar-refractivity contribution is 0.0601. The fourth-order valence-corrected chi connectivity index (χ4v) is 4.12. The number of piperidine rings is 2. The lowest BCUT2D eigenvalue weighted by atomic mass is 9.98. The van der Waals surface area contributed by atoms with Crippen LogP contribution in [-0.4, -0.2) is 73.8 Å².